The first kappa shape index (κ1) is 14.6. The molecule has 88 valence electrons. The minimum atomic E-state index is -0.948. The van der Waals surface area contributed by atoms with E-state index in [4.69, 9.17) is 5.11 Å². The maximum Gasteiger partial charge on any atom is 0.328 e. The molecule has 0 aromatic heterocycles. The van der Waals surface area contributed by atoms with Gasteiger partial charge in [0.1, 0.15) is 0 Å². The summed E-state index contributed by atoms with van der Waals surface area (Å²) >= 11 is 0. The summed E-state index contributed by atoms with van der Waals surface area (Å²) < 4.78 is 0. The molecule has 0 saturated heterocycles. The Hall–Kier alpha value is -2.35. The summed E-state index contributed by atoms with van der Waals surface area (Å²) in [5, 5.41) is 8.31. The molecule has 0 heterocycles. The van der Waals surface area contributed by atoms with Crippen LogP contribution >= 0.6 is 0 Å². The lowest BCUT2D eigenvalue weighted by Crippen LogP contribution is -1.84. The van der Waals surface area contributed by atoms with Crippen LogP contribution in [0.2, 0.25) is 0 Å². The van der Waals surface area contributed by atoms with Gasteiger partial charge in [-0.25, -0.2) is 4.79 Å². The summed E-state index contributed by atoms with van der Waals surface area (Å²) in [6.45, 7) is 3.55. The van der Waals surface area contributed by atoms with Crippen LogP contribution in [-0.4, -0.2) is 11.1 Å². The van der Waals surface area contributed by atoms with E-state index in [2.05, 4.69) is 6.58 Å². The van der Waals surface area contributed by atoms with Crippen molar-refractivity contribution in [2.75, 3.05) is 0 Å². The zero-order chi connectivity index (χ0) is 12.8. The first-order chi connectivity index (χ1) is 8.27. The third kappa shape index (κ3) is 13.7. The number of hydrogen-bond donors (Lipinski definition) is 1. The minimum Gasteiger partial charge on any atom is -0.478 e. The van der Waals surface area contributed by atoms with Crippen LogP contribution in [0.4, 0.5) is 0 Å². The maximum absolute atomic E-state index is 10.1. The third-order valence-corrected chi connectivity index (χ3v) is 1.49. The molecule has 0 atom stereocenters. The van der Waals surface area contributed by atoms with E-state index in [0.29, 0.717) is 0 Å². The van der Waals surface area contributed by atoms with Crippen molar-refractivity contribution in [1.29, 1.82) is 0 Å². The van der Waals surface area contributed by atoms with Gasteiger partial charge in [-0.3, -0.25) is 0 Å². The van der Waals surface area contributed by atoms with Crippen LogP contribution in [-0.2, 0) is 4.79 Å². The monoisotopic (exact) mass is 228 g/mol. The number of hydrogen-bond acceptors (Lipinski definition) is 1. The maximum atomic E-state index is 10.1. The van der Waals surface area contributed by atoms with Crippen molar-refractivity contribution >= 4 is 5.97 Å². The van der Waals surface area contributed by atoms with Crippen molar-refractivity contribution in [3.8, 4) is 0 Å². The summed E-state index contributed by atoms with van der Waals surface area (Å²) in [5.41, 5.74) is 0. The second kappa shape index (κ2) is 11.7. The van der Waals surface area contributed by atoms with Gasteiger partial charge >= 0.3 is 5.97 Å². The van der Waals surface area contributed by atoms with Crippen LogP contribution in [0.3, 0.4) is 0 Å². The van der Waals surface area contributed by atoms with E-state index in [1.54, 1.807) is 18.2 Å². The van der Waals surface area contributed by atoms with Crippen LogP contribution in [0.1, 0.15) is 0 Å². The number of carboxylic acid groups (broad SMARTS) is 1. The van der Waals surface area contributed by atoms with Crippen LogP contribution in [0.25, 0.3) is 0 Å². The minimum absolute atomic E-state index is 0.948. The fourth-order valence-corrected chi connectivity index (χ4v) is 0.794. The largest absolute Gasteiger partial charge is 0.478 e. The fraction of sp³-hybridized carbons (Fsp3) is 0. The Balaban J connectivity index is 3.84. The molecule has 0 unspecified atom stereocenters. The Labute approximate surface area is 102 Å². The Bertz CT molecular complexity index is 391. The number of carboxylic acids is 1. The Morgan fingerprint density at radius 2 is 1.06 bits per heavy atom. The van der Waals surface area contributed by atoms with E-state index in [1.807, 2.05) is 48.6 Å². The lowest BCUT2D eigenvalue weighted by atomic mass is 10.3. The van der Waals surface area contributed by atoms with Gasteiger partial charge in [0.25, 0.3) is 0 Å². The Kier molecular flexibility index (Phi) is 10.1. The van der Waals surface area contributed by atoms with Gasteiger partial charge in [0.15, 0.2) is 0 Å². The van der Waals surface area contributed by atoms with Crippen molar-refractivity contribution < 1.29 is 9.90 Å². The summed E-state index contributed by atoms with van der Waals surface area (Å²) in [4.78, 5) is 10.1. The summed E-state index contributed by atoms with van der Waals surface area (Å²) in [7, 11) is 0. The summed E-state index contributed by atoms with van der Waals surface area (Å²) in [6.07, 6.45) is 22.6. The first-order valence-corrected chi connectivity index (χ1v) is 5.12. The smallest absolute Gasteiger partial charge is 0.328 e. The number of aliphatic carboxylic acids is 1. The highest BCUT2D eigenvalue weighted by Gasteiger charge is 1.78. The van der Waals surface area contributed by atoms with Crippen LogP contribution in [0.5, 0.6) is 0 Å². The molecule has 0 aliphatic carbocycles. The van der Waals surface area contributed by atoms with Gasteiger partial charge in [-0.1, -0.05) is 79.5 Å². The molecule has 0 amide bonds. The average molecular weight is 228 g/mol. The highest BCUT2D eigenvalue weighted by molar-refractivity contribution is 5.80. The third-order valence-electron chi connectivity index (χ3n) is 1.49. The lowest BCUT2D eigenvalue weighted by Gasteiger charge is -1.75. The quantitative estimate of drug-likeness (QED) is 0.534. The molecule has 0 aromatic rings. The molecule has 0 saturated carbocycles. The number of carbonyl (C=O) groups is 1. The molecule has 0 aromatic carbocycles. The van der Waals surface area contributed by atoms with Gasteiger partial charge in [0.2, 0.25) is 0 Å². The predicted molar refractivity (Wildman–Crippen MR) is 72.7 cm³/mol. The van der Waals surface area contributed by atoms with Gasteiger partial charge in [-0.05, 0) is 0 Å². The van der Waals surface area contributed by atoms with E-state index in [0.717, 1.165) is 6.08 Å². The zero-order valence-electron chi connectivity index (χ0n) is 9.57. The lowest BCUT2D eigenvalue weighted by molar-refractivity contribution is -0.131. The van der Waals surface area contributed by atoms with E-state index < -0.39 is 5.97 Å². The van der Waals surface area contributed by atoms with E-state index >= 15 is 0 Å². The standard InChI is InChI=1S/C15H16O2/c1-2-3-4-5-6-7-8-9-10-11-12-13-14-15(16)17/h2-14H,1H2,(H,16,17). The average Bonchev–Trinajstić information content (AvgIpc) is 2.30. The van der Waals surface area contributed by atoms with Crippen LogP contribution in [0, 0.1) is 0 Å². The highest BCUT2D eigenvalue weighted by atomic mass is 16.4. The van der Waals surface area contributed by atoms with Crippen molar-refractivity contribution in [1.82, 2.24) is 0 Å². The number of allylic oxidation sites excluding steroid dienone is 12. The predicted octanol–water partition coefficient (Wildman–Crippen LogP) is 3.59. The van der Waals surface area contributed by atoms with Crippen molar-refractivity contribution in [2.24, 2.45) is 0 Å². The molecule has 2 heteroatoms. The SMILES string of the molecule is C=CC=CC=CC=CC=CC=CC=CC(=O)O. The Morgan fingerprint density at radius 1 is 0.706 bits per heavy atom. The van der Waals surface area contributed by atoms with Gasteiger partial charge in [0, 0.05) is 6.08 Å². The van der Waals surface area contributed by atoms with Gasteiger partial charge < -0.3 is 5.11 Å². The van der Waals surface area contributed by atoms with Crippen molar-refractivity contribution in [3.63, 3.8) is 0 Å². The Morgan fingerprint density at radius 3 is 1.41 bits per heavy atom. The molecule has 0 aliphatic heterocycles. The molecule has 0 fully saturated rings. The molecule has 2 nitrogen and oxygen atoms in total. The summed E-state index contributed by atoms with van der Waals surface area (Å²) in [5.74, 6) is -0.948. The van der Waals surface area contributed by atoms with Gasteiger partial charge in [0.05, 0.1) is 0 Å². The van der Waals surface area contributed by atoms with Gasteiger partial charge in [-0.15, -0.1) is 0 Å². The van der Waals surface area contributed by atoms with Crippen molar-refractivity contribution in [3.05, 3.63) is 85.6 Å². The second-order valence-electron chi connectivity index (χ2n) is 2.86. The first-order valence-electron chi connectivity index (χ1n) is 5.12. The molecular formula is C15H16O2. The molecule has 1 N–H and O–H groups in total. The topological polar surface area (TPSA) is 37.3 Å². The molecule has 17 heavy (non-hydrogen) atoms. The second-order valence-corrected chi connectivity index (χ2v) is 2.86. The molecular weight excluding hydrogens is 212 g/mol. The molecule has 0 spiro atoms. The highest BCUT2D eigenvalue weighted by Crippen LogP contribution is 1.84. The van der Waals surface area contributed by atoms with Crippen LogP contribution < -0.4 is 0 Å². The number of rotatable bonds is 7. The molecule has 0 rings (SSSR count). The van der Waals surface area contributed by atoms with Crippen molar-refractivity contribution in [2.45, 2.75) is 0 Å². The zero-order valence-corrected chi connectivity index (χ0v) is 9.57. The normalized spacial score (nSPS) is 13.2. The molecule has 0 radical (unpaired) electrons. The van der Waals surface area contributed by atoms with E-state index in [-0.39, 0.29) is 0 Å². The van der Waals surface area contributed by atoms with E-state index in [9.17, 15) is 4.79 Å². The molecule has 0 aliphatic rings. The van der Waals surface area contributed by atoms with Gasteiger partial charge in [-0.2, -0.15) is 0 Å². The molecule has 0 bridgehead atoms. The fourth-order valence-electron chi connectivity index (χ4n) is 0.794. The summed E-state index contributed by atoms with van der Waals surface area (Å²) in [6, 6.07) is 0. The van der Waals surface area contributed by atoms with Crippen LogP contribution in [0.15, 0.2) is 85.6 Å². The van der Waals surface area contributed by atoms with E-state index in [1.165, 1.54) is 6.08 Å².